The number of nitro groups is 1. The van der Waals surface area contributed by atoms with Crippen molar-refractivity contribution in [1.29, 1.82) is 0 Å². The number of aryl methyl sites for hydroxylation is 2. The number of anilines is 2. The zero-order valence-corrected chi connectivity index (χ0v) is 31.4. The van der Waals surface area contributed by atoms with Crippen LogP contribution in [0.4, 0.5) is 30.4 Å². The van der Waals surface area contributed by atoms with E-state index in [1.54, 1.807) is 50.2 Å². The van der Waals surface area contributed by atoms with Crippen LogP contribution in [0.3, 0.4) is 0 Å². The van der Waals surface area contributed by atoms with Gasteiger partial charge in [0.25, 0.3) is 17.5 Å². The number of hydrogen-bond donors (Lipinski definition) is 2. The Morgan fingerprint density at radius 2 is 1.58 bits per heavy atom. The highest BCUT2D eigenvalue weighted by molar-refractivity contribution is 6.33. The van der Waals surface area contributed by atoms with Crippen molar-refractivity contribution in [3.8, 4) is 5.75 Å². The summed E-state index contributed by atoms with van der Waals surface area (Å²) in [6.07, 6.45) is -2.44. The molecule has 2 saturated heterocycles. The van der Waals surface area contributed by atoms with E-state index in [0.717, 1.165) is 4.90 Å². The van der Waals surface area contributed by atoms with Crippen molar-refractivity contribution < 1.29 is 42.4 Å². The molecule has 1 saturated carbocycles. The molecular formula is C40H30Cl2F3N5O7. The van der Waals surface area contributed by atoms with Crippen LogP contribution < -0.4 is 10.3 Å². The number of pyridine rings is 1. The van der Waals surface area contributed by atoms with E-state index in [-0.39, 0.29) is 30.0 Å². The molecule has 12 nitrogen and oxygen atoms in total. The molecule has 57 heavy (non-hydrogen) atoms. The number of rotatable bonds is 6. The second kappa shape index (κ2) is 13.4. The van der Waals surface area contributed by atoms with Crippen molar-refractivity contribution in [2.75, 3.05) is 10.3 Å². The maximum atomic E-state index is 15.4. The number of hydrogen-bond acceptors (Lipinski definition) is 9. The van der Waals surface area contributed by atoms with Gasteiger partial charge in [-0.3, -0.25) is 39.6 Å². The molecule has 6 atom stereocenters. The van der Waals surface area contributed by atoms with Gasteiger partial charge in [-0.05, 0) is 85.2 Å². The summed E-state index contributed by atoms with van der Waals surface area (Å²) in [5.74, 6) is -7.89. The Bertz CT molecular complexity index is 2440. The number of imide groups is 2. The number of non-ortho nitro benzene ring substituents is 1. The number of benzene rings is 3. The van der Waals surface area contributed by atoms with Gasteiger partial charge in [-0.1, -0.05) is 59.1 Å². The summed E-state index contributed by atoms with van der Waals surface area (Å²) >= 11 is 12.6. The fourth-order valence-corrected chi connectivity index (χ4v) is 9.63. The van der Waals surface area contributed by atoms with E-state index in [0.29, 0.717) is 50.1 Å². The lowest BCUT2D eigenvalue weighted by atomic mass is 9.49. The van der Waals surface area contributed by atoms with Crippen molar-refractivity contribution in [3.05, 3.63) is 133 Å². The molecule has 2 aliphatic carbocycles. The molecule has 292 valence electrons. The molecule has 17 heteroatoms. The number of aromatic nitrogens is 1. The van der Waals surface area contributed by atoms with Crippen molar-refractivity contribution in [2.24, 2.45) is 23.7 Å². The topological polar surface area (TPSA) is 163 Å². The monoisotopic (exact) mass is 819 g/mol. The van der Waals surface area contributed by atoms with E-state index < -0.39 is 86.1 Å². The van der Waals surface area contributed by atoms with Gasteiger partial charge in [-0.25, -0.2) is 4.98 Å². The maximum absolute atomic E-state index is 15.4. The molecule has 1 aromatic heterocycles. The van der Waals surface area contributed by atoms with Crippen molar-refractivity contribution >= 4 is 64.0 Å². The minimum absolute atomic E-state index is 0.0105. The van der Waals surface area contributed by atoms with Crippen LogP contribution >= 0.6 is 23.2 Å². The molecule has 4 amide bonds. The van der Waals surface area contributed by atoms with Gasteiger partial charge >= 0.3 is 6.18 Å². The molecule has 0 spiro atoms. The standard InChI is InChI=1S/C40H30Cl2F3N5O7/c1-18-13-20(14-19(2)33(18)51)32-26-11-12-27-31(37(54)48(35(27)52)24-7-9-25(10-8-24)50(56)57)28(26)16-29-36(53)49(38(55)39(29,32)21-3-5-23(41)6-4-21)47-34-30(42)15-22(17-46-34)40(43,44)45/h3-11,13-15,17,27-29,31-32,51H,12,16H2,1-2H3,(H,46,47)/t27-,28+,29-,31-,32-,39+/m0/s1. The Balaban J connectivity index is 1.31. The third-order valence-electron chi connectivity index (χ3n) is 11.7. The molecule has 8 rings (SSSR count). The van der Waals surface area contributed by atoms with E-state index in [1.165, 1.54) is 24.3 Å². The van der Waals surface area contributed by atoms with Crippen LogP contribution in [0.15, 0.2) is 84.6 Å². The highest BCUT2D eigenvalue weighted by Gasteiger charge is 2.70. The first-order chi connectivity index (χ1) is 26.9. The summed E-state index contributed by atoms with van der Waals surface area (Å²) in [6.45, 7) is 3.36. The molecule has 0 radical (unpaired) electrons. The smallest absolute Gasteiger partial charge is 0.417 e. The van der Waals surface area contributed by atoms with Gasteiger partial charge in [-0.15, -0.1) is 0 Å². The number of amides is 4. The average molecular weight is 821 g/mol. The van der Waals surface area contributed by atoms with E-state index in [4.69, 9.17) is 23.2 Å². The molecular weight excluding hydrogens is 790 g/mol. The summed E-state index contributed by atoms with van der Waals surface area (Å²) < 4.78 is 40.5. The summed E-state index contributed by atoms with van der Waals surface area (Å²) in [5.41, 5.74) is 2.03. The summed E-state index contributed by atoms with van der Waals surface area (Å²) in [4.78, 5) is 74.3. The second-order valence-corrected chi connectivity index (χ2v) is 15.6. The number of alkyl halides is 3. The number of allylic oxidation sites excluding steroid dienone is 2. The first kappa shape index (κ1) is 38.1. The molecule has 3 aromatic carbocycles. The quantitative estimate of drug-likeness (QED) is 0.0855. The molecule has 2 N–H and O–H groups in total. The molecule has 3 heterocycles. The molecule has 2 aliphatic heterocycles. The van der Waals surface area contributed by atoms with Crippen LogP contribution in [0.1, 0.15) is 46.6 Å². The highest BCUT2D eigenvalue weighted by Crippen LogP contribution is 2.64. The second-order valence-electron chi connectivity index (χ2n) is 14.7. The summed E-state index contributed by atoms with van der Waals surface area (Å²) in [7, 11) is 0. The normalized spacial score (nSPS) is 25.6. The van der Waals surface area contributed by atoms with E-state index in [2.05, 4.69) is 10.4 Å². The summed E-state index contributed by atoms with van der Waals surface area (Å²) in [5, 5.41) is 22.7. The number of nitro benzene ring substituents is 1. The van der Waals surface area contributed by atoms with E-state index in [9.17, 15) is 42.8 Å². The number of hydrazine groups is 1. The molecule has 3 fully saturated rings. The van der Waals surface area contributed by atoms with Crippen molar-refractivity contribution in [3.63, 3.8) is 0 Å². The van der Waals surface area contributed by atoms with Gasteiger partial charge in [0.15, 0.2) is 5.82 Å². The van der Waals surface area contributed by atoms with Crippen LogP contribution in [0.25, 0.3) is 0 Å². The van der Waals surface area contributed by atoms with Crippen LogP contribution in [0.5, 0.6) is 5.75 Å². The number of fused-ring (bicyclic) bond motifs is 4. The fourth-order valence-electron chi connectivity index (χ4n) is 9.29. The van der Waals surface area contributed by atoms with Crippen LogP contribution in [-0.4, -0.2) is 43.7 Å². The molecule has 0 bridgehead atoms. The lowest BCUT2D eigenvalue weighted by Gasteiger charge is -2.50. The minimum Gasteiger partial charge on any atom is -0.507 e. The third kappa shape index (κ3) is 5.77. The predicted octanol–water partition coefficient (Wildman–Crippen LogP) is 7.83. The lowest BCUT2D eigenvalue weighted by molar-refractivity contribution is -0.384. The number of carbonyl (C=O) groups excluding carboxylic acids is 4. The lowest BCUT2D eigenvalue weighted by Crippen LogP contribution is -2.53. The van der Waals surface area contributed by atoms with Crippen LogP contribution in [0, 0.1) is 47.6 Å². The number of phenols is 1. The van der Waals surface area contributed by atoms with Gasteiger partial charge in [0.1, 0.15) is 5.75 Å². The Kier molecular flexibility index (Phi) is 8.96. The van der Waals surface area contributed by atoms with Gasteiger partial charge in [0, 0.05) is 29.3 Å². The first-order valence-corrected chi connectivity index (χ1v) is 18.5. The number of halogens is 5. The number of phenolic OH excluding ortho intramolecular Hbond substituents is 1. The highest BCUT2D eigenvalue weighted by atomic mass is 35.5. The number of carbonyl (C=O) groups is 4. The van der Waals surface area contributed by atoms with E-state index in [1.807, 2.05) is 6.08 Å². The Labute approximate surface area is 332 Å². The Morgan fingerprint density at radius 1 is 0.930 bits per heavy atom. The molecule has 4 aromatic rings. The first-order valence-electron chi connectivity index (χ1n) is 17.7. The van der Waals surface area contributed by atoms with Gasteiger partial charge in [-0.2, -0.15) is 18.2 Å². The van der Waals surface area contributed by atoms with Gasteiger partial charge in [0.05, 0.1) is 44.4 Å². The SMILES string of the molecule is Cc1cc([C@H]2C3=CC[C@@H]4C(=O)N(c5ccc([N+](=O)[O-])cc5)C(=O)[C@@H]4[C@@H]3C[C@H]3C(=O)N(Nc4ncc(C(F)(F)F)cc4Cl)C(=O)[C@@]23c2ccc(Cl)cc2)cc(C)c1O. The zero-order chi connectivity index (χ0) is 40.9. The number of nitrogens with zero attached hydrogens (tertiary/aromatic N) is 4. The minimum atomic E-state index is -4.77. The fraction of sp³-hybridized carbons (Fsp3) is 0.275. The average Bonchev–Trinajstić information content (AvgIpc) is 3.54. The van der Waals surface area contributed by atoms with Crippen molar-refractivity contribution in [2.45, 2.75) is 44.2 Å². The number of aromatic hydroxyl groups is 1. The van der Waals surface area contributed by atoms with Gasteiger partial charge in [0.2, 0.25) is 11.8 Å². The zero-order valence-electron chi connectivity index (χ0n) is 29.9. The Morgan fingerprint density at radius 3 is 2.18 bits per heavy atom. The largest absolute Gasteiger partial charge is 0.507 e. The van der Waals surface area contributed by atoms with Crippen LogP contribution in [-0.2, 0) is 30.8 Å². The van der Waals surface area contributed by atoms with Crippen LogP contribution in [0.2, 0.25) is 10.0 Å². The molecule has 4 aliphatic rings. The third-order valence-corrected chi connectivity index (χ3v) is 12.3. The Hall–Kier alpha value is -5.80. The number of nitrogens with one attached hydrogen (secondary N) is 1. The maximum Gasteiger partial charge on any atom is 0.417 e. The van der Waals surface area contributed by atoms with Gasteiger partial charge < -0.3 is 5.11 Å². The molecule has 0 unspecified atom stereocenters. The van der Waals surface area contributed by atoms with Crippen molar-refractivity contribution in [1.82, 2.24) is 9.99 Å². The summed E-state index contributed by atoms with van der Waals surface area (Å²) in [6, 6.07) is 15.4. The van der Waals surface area contributed by atoms with E-state index >= 15 is 4.79 Å². The predicted molar refractivity (Wildman–Crippen MR) is 200 cm³/mol.